The molecule has 0 unspecified atom stereocenters. The molecule has 0 saturated carbocycles. The minimum Gasteiger partial charge on any atom is -0.404 e. The van der Waals surface area contributed by atoms with Crippen molar-refractivity contribution in [2.75, 3.05) is 0 Å². The van der Waals surface area contributed by atoms with Crippen LogP contribution in [0.4, 0.5) is 0 Å². The Labute approximate surface area is 83.1 Å². The first kappa shape index (κ1) is 10.2. The van der Waals surface area contributed by atoms with Crippen LogP contribution in [0.1, 0.15) is 25.2 Å². The predicted octanol–water partition coefficient (Wildman–Crippen LogP) is 1.30. The average molecular weight is 188 g/mol. The van der Waals surface area contributed by atoms with Crippen molar-refractivity contribution in [3.63, 3.8) is 0 Å². The van der Waals surface area contributed by atoms with Gasteiger partial charge in [0.2, 0.25) is 0 Å². The Hall–Kier alpha value is -1.89. The molecule has 0 aromatic carbocycles. The molecular formula is C10H12N4. The Balaban J connectivity index is 3.03. The predicted molar refractivity (Wildman–Crippen MR) is 53.7 cm³/mol. The second-order valence-corrected chi connectivity index (χ2v) is 3.18. The Morgan fingerprint density at radius 2 is 2.07 bits per heavy atom. The van der Waals surface area contributed by atoms with Gasteiger partial charge in [-0.1, -0.05) is 13.8 Å². The summed E-state index contributed by atoms with van der Waals surface area (Å²) in [7, 11) is 0. The highest BCUT2D eigenvalue weighted by atomic mass is 14.9. The third kappa shape index (κ3) is 2.07. The molecule has 0 aliphatic rings. The molecule has 0 bridgehead atoms. The average Bonchev–Trinajstić information content (AvgIpc) is 2.19. The number of aromatic nitrogens is 2. The van der Waals surface area contributed by atoms with Crippen LogP contribution >= 0.6 is 0 Å². The summed E-state index contributed by atoms with van der Waals surface area (Å²) in [5, 5.41) is 8.56. The first-order valence-corrected chi connectivity index (χ1v) is 4.33. The maximum Gasteiger partial charge on any atom is 0.156 e. The molecule has 4 heteroatoms. The molecule has 72 valence electrons. The van der Waals surface area contributed by atoms with Gasteiger partial charge in [-0.2, -0.15) is 5.26 Å². The zero-order chi connectivity index (χ0) is 10.6. The molecule has 0 amide bonds. The van der Waals surface area contributed by atoms with Crippen LogP contribution in [0.2, 0.25) is 0 Å². The molecule has 1 aromatic rings. The topological polar surface area (TPSA) is 75.6 Å². The van der Waals surface area contributed by atoms with E-state index < -0.39 is 0 Å². The van der Waals surface area contributed by atoms with Crippen LogP contribution in [0.3, 0.4) is 0 Å². The molecule has 1 heterocycles. The second kappa shape index (κ2) is 4.38. The smallest absolute Gasteiger partial charge is 0.156 e. The third-order valence-electron chi connectivity index (χ3n) is 1.84. The molecule has 14 heavy (non-hydrogen) atoms. The highest BCUT2D eigenvalue weighted by Gasteiger charge is 2.08. The van der Waals surface area contributed by atoms with E-state index in [1.54, 1.807) is 0 Å². The molecule has 1 aromatic heterocycles. The van der Waals surface area contributed by atoms with E-state index in [-0.39, 0.29) is 5.92 Å². The number of hydrogen-bond donors (Lipinski definition) is 1. The third-order valence-corrected chi connectivity index (χ3v) is 1.84. The Bertz CT molecular complexity index is 370. The van der Waals surface area contributed by atoms with Crippen molar-refractivity contribution in [1.82, 2.24) is 9.97 Å². The van der Waals surface area contributed by atoms with Crippen molar-refractivity contribution in [2.45, 2.75) is 13.8 Å². The Kier molecular flexibility index (Phi) is 3.19. The van der Waals surface area contributed by atoms with Gasteiger partial charge >= 0.3 is 0 Å². The molecule has 0 aliphatic heterocycles. The van der Waals surface area contributed by atoms with Crippen molar-refractivity contribution >= 4 is 5.57 Å². The van der Waals surface area contributed by atoms with Gasteiger partial charge in [0.05, 0.1) is 5.56 Å². The summed E-state index contributed by atoms with van der Waals surface area (Å²) in [6.07, 6.45) is 4.49. The summed E-state index contributed by atoms with van der Waals surface area (Å²) in [6.45, 7) is 4.03. The van der Waals surface area contributed by atoms with Gasteiger partial charge in [-0.25, -0.2) is 9.97 Å². The van der Waals surface area contributed by atoms with E-state index in [1.165, 1.54) is 18.6 Å². The highest BCUT2D eigenvalue weighted by molar-refractivity contribution is 5.60. The maximum absolute atomic E-state index is 8.56. The van der Waals surface area contributed by atoms with Gasteiger partial charge in [-0.05, 0) is 5.92 Å². The highest BCUT2D eigenvalue weighted by Crippen LogP contribution is 2.17. The van der Waals surface area contributed by atoms with E-state index in [2.05, 4.69) is 9.97 Å². The number of nitrogens with zero attached hydrogens (tertiary/aromatic N) is 3. The largest absolute Gasteiger partial charge is 0.404 e. The fraction of sp³-hybridized carbons (Fsp3) is 0.300. The van der Waals surface area contributed by atoms with Gasteiger partial charge in [0.25, 0.3) is 0 Å². The van der Waals surface area contributed by atoms with E-state index >= 15 is 0 Å². The SMILES string of the molecule is CC(C)/C(=C/N)c1ncc(C#N)cn1. The molecule has 1 rings (SSSR count). The van der Waals surface area contributed by atoms with E-state index in [9.17, 15) is 0 Å². The molecule has 4 nitrogen and oxygen atoms in total. The lowest BCUT2D eigenvalue weighted by atomic mass is 10.0. The number of nitrogens with two attached hydrogens (primary N) is 1. The fourth-order valence-electron chi connectivity index (χ4n) is 1.06. The van der Waals surface area contributed by atoms with Gasteiger partial charge in [0.15, 0.2) is 5.82 Å². The van der Waals surface area contributed by atoms with Crippen LogP contribution in [-0.4, -0.2) is 9.97 Å². The lowest BCUT2D eigenvalue weighted by Gasteiger charge is -2.07. The molecular weight excluding hydrogens is 176 g/mol. The van der Waals surface area contributed by atoms with Crippen molar-refractivity contribution in [3.05, 3.63) is 30.0 Å². The van der Waals surface area contributed by atoms with Crippen LogP contribution in [0.5, 0.6) is 0 Å². The van der Waals surface area contributed by atoms with E-state index in [0.717, 1.165) is 5.57 Å². The summed E-state index contributed by atoms with van der Waals surface area (Å²) in [5.41, 5.74) is 6.81. The second-order valence-electron chi connectivity index (χ2n) is 3.18. The monoisotopic (exact) mass is 188 g/mol. The van der Waals surface area contributed by atoms with E-state index in [1.807, 2.05) is 19.9 Å². The molecule has 0 saturated heterocycles. The summed E-state index contributed by atoms with van der Waals surface area (Å²) in [4.78, 5) is 8.12. The first-order chi connectivity index (χ1) is 6.69. The van der Waals surface area contributed by atoms with Crippen LogP contribution in [0.25, 0.3) is 5.57 Å². The first-order valence-electron chi connectivity index (χ1n) is 4.33. The molecule has 0 spiro atoms. The van der Waals surface area contributed by atoms with Crippen LogP contribution < -0.4 is 5.73 Å². The maximum atomic E-state index is 8.56. The Morgan fingerprint density at radius 3 is 2.43 bits per heavy atom. The van der Waals surface area contributed by atoms with Gasteiger partial charge in [-0.15, -0.1) is 0 Å². The van der Waals surface area contributed by atoms with E-state index in [0.29, 0.717) is 11.4 Å². The van der Waals surface area contributed by atoms with Crippen LogP contribution in [0, 0.1) is 17.2 Å². The Morgan fingerprint density at radius 1 is 1.50 bits per heavy atom. The van der Waals surface area contributed by atoms with Crippen LogP contribution in [-0.2, 0) is 0 Å². The van der Waals surface area contributed by atoms with Crippen molar-refractivity contribution in [1.29, 1.82) is 5.26 Å². The zero-order valence-electron chi connectivity index (χ0n) is 8.23. The van der Waals surface area contributed by atoms with Crippen molar-refractivity contribution in [3.8, 4) is 6.07 Å². The molecule has 0 radical (unpaired) electrons. The number of hydrogen-bond acceptors (Lipinski definition) is 4. The number of allylic oxidation sites excluding steroid dienone is 1. The normalized spacial score (nSPS) is 11.4. The quantitative estimate of drug-likeness (QED) is 0.759. The number of nitriles is 1. The van der Waals surface area contributed by atoms with Crippen molar-refractivity contribution < 1.29 is 0 Å². The molecule has 0 aliphatic carbocycles. The van der Waals surface area contributed by atoms with Gasteiger partial charge in [-0.3, -0.25) is 0 Å². The van der Waals surface area contributed by atoms with Crippen LogP contribution in [0.15, 0.2) is 18.6 Å². The minimum atomic E-state index is 0.271. The van der Waals surface area contributed by atoms with Gasteiger partial charge in [0, 0.05) is 24.2 Å². The molecule has 0 fully saturated rings. The standard InChI is InChI=1S/C10H12N4/c1-7(2)9(4-12)10-13-5-8(3-11)6-14-10/h4-7H,12H2,1-2H3/b9-4-. The van der Waals surface area contributed by atoms with E-state index in [4.69, 9.17) is 11.0 Å². The minimum absolute atomic E-state index is 0.271. The zero-order valence-corrected chi connectivity index (χ0v) is 8.23. The van der Waals surface area contributed by atoms with Gasteiger partial charge < -0.3 is 5.73 Å². The molecule has 0 atom stereocenters. The fourth-order valence-corrected chi connectivity index (χ4v) is 1.06. The van der Waals surface area contributed by atoms with Gasteiger partial charge in [0.1, 0.15) is 6.07 Å². The summed E-state index contributed by atoms with van der Waals surface area (Å²) >= 11 is 0. The summed E-state index contributed by atoms with van der Waals surface area (Å²) in [5.74, 6) is 0.856. The molecule has 2 N–H and O–H groups in total. The summed E-state index contributed by atoms with van der Waals surface area (Å²) in [6, 6.07) is 1.96. The summed E-state index contributed by atoms with van der Waals surface area (Å²) < 4.78 is 0. The number of rotatable bonds is 2. The lowest BCUT2D eigenvalue weighted by molar-refractivity contribution is 0.835. The van der Waals surface area contributed by atoms with Crippen molar-refractivity contribution in [2.24, 2.45) is 11.7 Å². The lowest BCUT2D eigenvalue weighted by Crippen LogP contribution is -2.02.